The molecule has 3 rings (SSSR count). The van der Waals surface area contributed by atoms with E-state index in [9.17, 15) is 4.79 Å². The Hall–Kier alpha value is -2.42. The van der Waals surface area contributed by atoms with Crippen LogP contribution in [-0.2, 0) is 16.2 Å². The summed E-state index contributed by atoms with van der Waals surface area (Å²) >= 11 is 7.08. The molecule has 1 amide bonds. The zero-order chi connectivity index (χ0) is 17.5. The Kier molecular flexibility index (Phi) is 5.99. The van der Waals surface area contributed by atoms with Gasteiger partial charge >= 0.3 is 0 Å². The molecule has 1 N–H and O–H groups in total. The van der Waals surface area contributed by atoms with E-state index in [1.807, 2.05) is 30.3 Å². The molecule has 0 aliphatic carbocycles. The molecule has 25 heavy (non-hydrogen) atoms. The van der Waals surface area contributed by atoms with Gasteiger partial charge in [-0.15, -0.1) is 5.10 Å². The second-order valence-electron chi connectivity index (χ2n) is 4.94. The van der Waals surface area contributed by atoms with Gasteiger partial charge in [0.1, 0.15) is 0 Å². The van der Waals surface area contributed by atoms with Gasteiger partial charge in [0.05, 0.1) is 18.0 Å². The lowest BCUT2D eigenvalue weighted by Crippen LogP contribution is -2.25. The van der Waals surface area contributed by atoms with Crippen molar-refractivity contribution in [1.29, 1.82) is 0 Å². The van der Waals surface area contributed by atoms with Crippen LogP contribution in [-0.4, -0.2) is 31.9 Å². The molecule has 0 spiro atoms. The first-order chi connectivity index (χ1) is 12.2. The molecule has 0 unspecified atom stereocenters. The van der Waals surface area contributed by atoms with Crippen molar-refractivity contribution in [2.24, 2.45) is 0 Å². The molecule has 0 radical (unpaired) electrons. The van der Waals surface area contributed by atoms with Crippen LogP contribution in [0.1, 0.15) is 5.56 Å². The van der Waals surface area contributed by atoms with Crippen LogP contribution in [0.25, 0.3) is 5.69 Å². The first-order valence-electron chi connectivity index (χ1n) is 7.34. The standard InChI is InChI=1S/C16H14ClN5O2S/c17-13-6-8-14(9-7-13)22-16(18-20-21-22)25-11-15(23)19-24-10-12-4-2-1-3-5-12/h1-9H,10-11H2,(H,19,23). The van der Waals surface area contributed by atoms with Gasteiger partial charge in [0.15, 0.2) is 0 Å². The van der Waals surface area contributed by atoms with Gasteiger partial charge in [0.2, 0.25) is 5.16 Å². The number of amides is 1. The Labute approximate surface area is 153 Å². The monoisotopic (exact) mass is 375 g/mol. The molecule has 0 aliphatic rings. The van der Waals surface area contributed by atoms with Crippen molar-refractivity contribution < 1.29 is 9.63 Å². The molecule has 9 heteroatoms. The van der Waals surface area contributed by atoms with Crippen molar-refractivity contribution in [3.8, 4) is 5.69 Å². The molecule has 0 saturated heterocycles. The third-order valence-electron chi connectivity index (χ3n) is 3.11. The highest BCUT2D eigenvalue weighted by Crippen LogP contribution is 2.19. The zero-order valence-corrected chi connectivity index (χ0v) is 14.6. The van der Waals surface area contributed by atoms with Crippen LogP contribution >= 0.6 is 23.4 Å². The fourth-order valence-corrected chi connectivity index (χ4v) is 2.75. The molecule has 1 heterocycles. The third kappa shape index (κ3) is 5.02. The van der Waals surface area contributed by atoms with Crippen LogP contribution in [0.4, 0.5) is 0 Å². The number of carbonyl (C=O) groups is 1. The van der Waals surface area contributed by atoms with E-state index in [-0.39, 0.29) is 11.7 Å². The molecule has 7 nitrogen and oxygen atoms in total. The fraction of sp³-hybridized carbons (Fsp3) is 0.125. The van der Waals surface area contributed by atoms with Crippen molar-refractivity contribution in [2.75, 3.05) is 5.75 Å². The van der Waals surface area contributed by atoms with Crippen molar-refractivity contribution in [2.45, 2.75) is 11.8 Å². The molecule has 0 atom stereocenters. The van der Waals surface area contributed by atoms with Crippen LogP contribution in [0.3, 0.4) is 0 Å². The Morgan fingerprint density at radius 1 is 1.16 bits per heavy atom. The SMILES string of the molecule is O=C(CSc1nnnn1-c1ccc(Cl)cc1)NOCc1ccccc1. The van der Waals surface area contributed by atoms with Crippen molar-refractivity contribution in [3.05, 3.63) is 65.2 Å². The summed E-state index contributed by atoms with van der Waals surface area (Å²) in [6.07, 6.45) is 0. The number of nitrogens with zero attached hydrogens (tertiary/aromatic N) is 4. The van der Waals surface area contributed by atoms with Crippen molar-refractivity contribution in [3.63, 3.8) is 0 Å². The average Bonchev–Trinajstić information content (AvgIpc) is 3.10. The van der Waals surface area contributed by atoms with Crippen LogP contribution in [0, 0.1) is 0 Å². The molecule has 0 fully saturated rings. The molecule has 0 saturated carbocycles. The van der Waals surface area contributed by atoms with Gasteiger partial charge in [0.25, 0.3) is 5.91 Å². The zero-order valence-electron chi connectivity index (χ0n) is 13.0. The fourth-order valence-electron chi connectivity index (χ4n) is 1.95. The number of halogens is 1. The summed E-state index contributed by atoms with van der Waals surface area (Å²) in [5.74, 6) is -0.144. The van der Waals surface area contributed by atoms with Crippen LogP contribution in [0.5, 0.6) is 0 Å². The second kappa shape index (κ2) is 8.61. The second-order valence-corrected chi connectivity index (χ2v) is 6.32. The maximum absolute atomic E-state index is 11.9. The van der Waals surface area contributed by atoms with Gasteiger partial charge in [-0.25, -0.2) is 5.48 Å². The van der Waals surface area contributed by atoms with Crippen LogP contribution in [0.15, 0.2) is 59.8 Å². The number of hydrogen-bond donors (Lipinski definition) is 1. The molecule has 3 aromatic rings. The van der Waals surface area contributed by atoms with Gasteiger partial charge in [-0.05, 0) is 40.3 Å². The number of hydrogen-bond acceptors (Lipinski definition) is 6. The smallest absolute Gasteiger partial charge is 0.254 e. The minimum Gasteiger partial charge on any atom is -0.272 e. The molecule has 2 aromatic carbocycles. The van der Waals surface area contributed by atoms with E-state index >= 15 is 0 Å². The van der Waals surface area contributed by atoms with E-state index in [2.05, 4.69) is 21.0 Å². The normalized spacial score (nSPS) is 10.6. The Bertz CT molecular complexity index is 826. The van der Waals surface area contributed by atoms with E-state index in [1.165, 1.54) is 11.8 Å². The number of tetrazole rings is 1. The van der Waals surface area contributed by atoms with Crippen LogP contribution < -0.4 is 5.48 Å². The molecule has 0 aliphatic heterocycles. The number of hydroxylamine groups is 1. The average molecular weight is 376 g/mol. The van der Waals surface area contributed by atoms with E-state index in [4.69, 9.17) is 16.4 Å². The topological polar surface area (TPSA) is 81.9 Å². The van der Waals surface area contributed by atoms with Gasteiger partial charge in [0, 0.05) is 5.02 Å². The molecule has 128 valence electrons. The Balaban J connectivity index is 1.49. The lowest BCUT2D eigenvalue weighted by molar-refractivity contribution is -0.131. The number of carbonyl (C=O) groups excluding carboxylic acids is 1. The van der Waals surface area contributed by atoms with Gasteiger partial charge < -0.3 is 0 Å². The summed E-state index contributed by atoms with van der Waals surface area (Å²) in [5.41, 5.74) is 4.14. The number of thioether (sulfide) groups is 1. The van der Waals surface area contributed by atoms with Gasteiger partial charge in [-0.2, -0.15) is 4.68 Å². The number of benzene rings is 2. The Morgan fingerprint density at radius 2 is 1.92 bits per heavy atom. The highest BCUT2D eigenvalue weighted by atomic mass is 35.5. The number of aromatic nitrogens is 4. The van der Waals surface area contributed by atoms with E-state index in [0.717, 1.165) is 11.3 Å². The number of rotatable bonds is 7. The van der Waals surface area contributed by atoms with E-state index in [0.29, 0.717) is 16.8 Å². The highest BCUT2D eigenvalue weighted by Gasteiger charge is 2.11. The number of nitrogens with one attached hydrogen (secondary N) is 1. The first kappa shape index (κ1) is 17.4. The lowest BCUT2D eigenvalue weighted by atomic mass is 10.2. The maximum Gasteiger partial charge on any atom is 0.254 e. The predicted octanol–water partition coefficient (Wildman–Crippen LogP) is 2.66. The highest BCUT2D eigenvalue weighted by molar-refractivity contribution is 7.99. The van der Waals surface area contributed by atoms with E-state index in [1.54, 1.807) is 28.9 Å². The van der Waals surface area contributed by atoms with Crippen molar-refractivity contribution in [1.82, 2.24) is 25.7 Å². The Morgan fingerprint density at radius 3 is 2.68 bits per heavy atom. The van der Waals surface area contributed by atoms with Gasteiger partial charge in [-0.1, -0.05) is 53.7 Å². The molecular weight excluding hydrogens is 362 g/mol. The summed E-state index contributed by atoms with van der Waals surface area (Å²) in [7, 11) is 0. The van der Waals surface area contributed by atoms with Gasteiger partial charge in [-0.3, -0.25) is 9.63 Å². The summed E-state index contributed by atoms with van der Waals surface area (Å²) in [5, 5.41) is 12.6. The van der Waals surface area contributed by atoms with Crippen molar-refractivity contribution >= 4 is 29.3 Å². The summed E-state index contributed by atoms with van der Waals surface area (Å²) < 4.78 is 1.54. The third-order valence-corrected chi connectivity index (χ3v) is 4.28. The van der Waals surface area contributed by atoms with E-state index < -0.39 is 0 Å². The summed E-state index contributed by atoms with van der Waals surface area (Å²) in [4.78, 5) is 17.1. The minimum absolute atomic E-state index is 0.128. The first-order valence-corrected chi connectivity index (χ1v) is 8.70. The predicted molar refractivity (Wildman–Crippen MR) is 94.3 cm³/mol. The molecule has 0 bridgehead atoms. The summed E-state index contributed by atoms with van der Waals surface area (Å²) in [6, 6.07) is 16.7. The largest absolute Gasteiger partial charge is 0.272 e. The van der Waals surface area contributed by atoms with Crippen LogP contribution in [0.2, 0.25) is 5.02 Å². The minimum atomic E-state index is -0.272. The molecular formula is C16H14ClN5O2S. The molecule has 1 aromatic heterocycles. The summed E-state index contributed by atoms with van der Waals surface area (Å²) in [6.45, 7) is 0.305. The lowest BCUT2D eigenvalue weighted by Gasteiger charge is -2.06. The quantitative estimate of drug-likeness (QED) is 0.505. The maximum atomic E-state index is 11.9.